The van der Waals surface area contributed by atoms with Gasteiger partial charge in [0.2, 0.25) is 0 Å². The first-order valence-corrected chi connectivity index (χ1v) is 10.0. The maximum atomic E-state index is 13.8. The van der Waals surface area contributed by atoms with Crippen LogP contribution in [0.2, 0.25) is 0 Å². The topological polar surface area (TPSA) is 79.3 Å². The van der Waals surface area contributed by atoms with Crippen LogP contribution < -0.4 is 4.74 Å². The average molecular weight is 408 g/mol. The van der Waals surface area contributed by atoms with Crippen molar-refractivity contribution < 1.29 is 22.7 Å². The molecular formula is C22H15FNO4S-. The van der Waals surface area contributed by atoms with Gasteiger partial charge in [0.1, 0.15) is 23.6 Å². The number of carbonyl (C=O) groups excluding carboxylic acids is 1. The van der Waals surface area contributed by atoms with Gasteiger partial charge in [-0.2, -0.15) is 0 Å². The molecule has 2 unspecified atom stereocenters. The van der Waals surface area contributed by atoms with E-state index < -0.39 is 22.8 Å². The van der Waals surface area contributed by atoms with Gasteiger partial charge in [-0.1, -0.05) is 47.5 Å². The Bertz CT molecular complexity index is 1110. The molecule has 3 aromatic rings. The number of aldehydes is 1. The molecule has 2 atom stereocenters. The number of aromatic nitrogens is 1. The summed E-state index contributed by atoms with van der Waals surface area (Å²) < 4.78 is 41.7. The van der Waals surface area contributed by atoms with Crippen LogP contribution in [0.4, 0.5) is 4.39 Å². The number of ether oxygens (including phenoxy) is 1. The summed E-state index contributed by atoms with van der Waals surface area (Å²) in [6.45, 7) is 0. The Kier molecular flexibility index (Phi) is 5.33. The fourth-order valence-corrected chi connectivity index (χ4v) is 3.86. The lowest BCUT2D eigenvalue weighted by Gasteiger charge is -2.28. The van der Waals surface area contributed by atoms with Gasteiger partial charge in [-0.15, -0.1) is 0 Å². The molecule has 0 fully saturated rings. The number of rotatable bonds is 5. The zero-order valence-corrected chi connectivity index (χ0v) is 15.9. The van der Waals surface area contributed by atoms with Crippen molar-refractivity contribution in [2.45, 2.75) is 11.7 Å². The van der Waals surface area contributed by atoms with E-state index in [1.807, 2.05) is 6.07 Å². The Morgan fingerprint density at radius 1 is 1.14 bits per heavy atom. The number of hydrogen-bond donors (Lipinski definition) is 0. The van der Waals surface area contributed by atoms with Crippen LogP contribution in [0.1, 0.15) is 28.2 Å². The summed E-state index contributed by atoms with van der Waals surface area (Å²) in [5, 5.41) is 0. The Morgan fingerprint density at radius 3 is 2.59 bits per heavy atom. The lowest BCUT2D eigenvalue weighted by atomic mass is 9.84. The van der Waals surface area contributed by atoms with Crippen molar-refractivity contribution in [3.8, 4) is 5.75 Å². The van der Waals surface area contributed by atoms with E-state index in [2.05, 4.69) is 4.98 Å². The molecule has 2 aromatic carbocycles. The van der Waals surface area contributed by atoms with E-state index in [1.165, 1.54) is 12.1 Å². The number of hydrogen-bond acceptors (Lipinski definition) is 5. The van der Waals surface area contributed by atoms with Gasteiger partial charge in [0, 0.05) is 46.5 Å². The SMILES string of the molecule is O=CC1C(c2cccnc2)=C(c2ccc(CS(=O)[O-])cc2)Oc2cc(F)ccc21. The van der Waals surface area contributed by atoms with Gasteiger partial charge in [0.05, 0.1) is 5.92 Å². The quantitative estimate of drug-likeness (QED) is 0.473. The molecule has 0 spiro atoms. The second-order valence-corrected chi connectivity index (χ2v) is 7.42. The number of benzene rings is 2. The molecule has 0 radical (unpaired) electrons. The molecule has 29 heavy (non-hydrogen) atoms. The van der Waals surface area contributed by atoms with Crippen molar-refractivity contribution in [1.82, 2.24) is 4.98 Å². The molecule has 0 aliphatic carbocycles. The van der Waals surface area contributed by atoms with E-state index in [4.69, 9.17) is 4.74 Å². The number of nitrogens with zero attached hydrogens (tertiary/aromatic N) is 1. The van der Waals surface area contributed by atoms with Gasteiger partial charge in [0.25, 0.3) is 0 Å². The van der Waals surface area contributed by atoms with Crippen LogP contribution in [-0.4, -0.2) is 20.0 Å². The molecule has 0 saturated heterocycles. The summed E-state index contributed by atoms with van der Waals surface area (Å²) >= 11 is -2.19. The van der Waals surface area contributed by atoms with Crippen LogP contribution in [0.15, 0.2) is 67.0 Å². The highest BCUT2D eigenvalue weighted by molar-refractivity contribution is 7.78. The molecule has 7 heteroatoms. The normalized spacial score (nSPS) is 16.7. The van der Waals surface area contributed by atoms with E-state index in [-0.39, 0.29) is 11.5 Å². The molecule has 2 heterocycles. The third-order valence-corrected chi connectivity index (χ3v) is 5.26. The molecule has 4 rings (SSSR count). The largest absolute Gasteiger partial charge is 0.772 e. The van der Waals surface area contributed by atoms with Crippen LogP contribution in [0.3, 0.4) is 0 Å². The van der Waals surface area contributed by atoms with E-state index in [9.17, 15) is 17.9 Å². The number of halogens is 1. The maximum Gasteiger partial charge on any atom is 0.139 e. The summed E-state index contributed by atoms with van der Waals surface area (Å²) in [5.41, 5.74) is 3.17. The van der Waals surface area contributed by atoms with Crippen LogP contribution in [0.25, 0.3) is 11.3 Å². The molecule has 0 saturated carbocycles. The van der Waals surface area contributed by atoms with Gasteiger partial charge in [-0.05, 0) is 17.7 Å². The summed E-state index contributed by atoms with van der Waals surface area (Å²) in [7, 11) is 0. The van der Waals surface area contributed by atoms with Crippen molar-refractivity contribution in [3.05, 3.63) is 95.1 Å². The van der Waals surface area contributed by atoms with Crippen LogP contribution in [-0.2, 0) is 21.6 Å². The molecule has 0 amide bonds. The highest BCUT2D eigenvalue weighted by atomic mass is 32.2. The van der Waals surface area contributed by atoms with Crippen LogP contribution in [0, 0.1) is 5.82 Å². The molecule has 1 aliphatic rings. The first-order valence-electron chi connectivity index (χ1n) is 8.79. The van der Waals surface area contributed by atoms with E-state index in [0.29, 0.717) is 33.6 Å². The molecule has 0 N–H and O–H groups in total. The van der Waals surface area contributed by atoms with E-state index in [0.717, 1.165) is 6.29 Å². The molecule has 146 valence electrons. The summed E-state index contributed by atoms with van der Waals surface area (Å²) in [6.07, 6.45) is 4.07. The second-order valence-electron chi connectivity index (χ2n) is 6.53. The van der Waals surface area contributed by atoms with Gasteiger partial charge in [-0.25, -0.2) is 4.39 Å². The van der Waals surface area contributed by atoms with Gasteiger partial charge >= 0.3 is 0 Å². The van der Waals surface area contributed by atoms with Crippen molar-refractivity contribution >= 4 is 28.7 Å². The molecule has 0 bridgehead atoms. The minimum atomic E-state index is -2.19. The average Bonchev–Trinajstić information content (AvgIpc) is 2.73. The molecular weight excluding hydrogens is 393 g/mol. The summed E-state index contributed by atoms with van der Waals surface area (Å²) in [6, 6.07) is 14.5. The number of fused-ring (bicyclic) bond motifs is 1. The van der Waals surface area contributed by atoms with Crippen molar-refractivity contribution in [2.24, 2.45) is 0 Å². The minimum absolute atomic E-state index is 0.0966. The Balaban J connectivity index is 1.89. The van der Waals surface area contributed by atoms with Crippen LogP contribution >= 0.6 is 0 Å². The fourth-order valence-electron chi connectivity index (χ4n) is 3.39. The predicted molar refractivity (Wildman–Crippen MR) is 106 cm³/mol. The smallest absolute Gasteiger partial charge is 0.139 e. The first-order chi connectivity index (χ1) is 14.1. The number of allylic oxidation sites excluding steroid dienone is 1. The minimum Gasteiger partial charge on any atom is -0.772 e. The van der Waals surface area contributed by atoms with Crippen molar-refractivity contribution in [2.75, 3.05) is 0 Å². The summed E-state index contributed by atoms with van der Waals surface area (Å²) in [5.74, 6) is -0.545. The highest BCUT2D eigenvalue weighted by Crippen LogP contribution is 2.45. The van der Waals surface area contributed by atoms with Crippen molar-refractivity contribution in [1.29, 1.82) is 0 Å². The second kappa shape index (κ2) is 8.06. The summed E-state index contributed by atoms with van der Waals surface area (Å²) in [4.78, 5) is 16.2. The lowest BCUT2D eigenvalue weighted by molar-refractivity contribution is -0.108. The van der Waals surface area contributed by atoms with E-state index >= 15 is 0 Å². The highest BCUT2D eigenvalue weighted by Gasteiger charge is 2.31. The monoisotopic (exact) mass is 408 g/mol. The molecule has 1 aromatic heterocycles. The van der Waals surface area contributed by atoms with Crippen molar-refractivity contribution in [3.63, 3.8) is 0 Å². The molecule has 1 aliphatic heterocycles. The fraction of sp³-hybridized carbons (Fsp3) is 0.0909. The molecule has 5 nitrogen and oxygen atoms in total. The Labute approximate surface area is 169 Å². The van der Waals surface area contributed by atoms with Gasteiger partial charge in [0.15, 0.2) is 0 Å². The number of carbonyl (C=O) groups is 1. The predicted octanol–water partition coefficient (Wildman–Crippen LogP) is 3.84. The zero-order valence-electron chi connectivity index (χ0n) is 15.1. The third kappa shape index (κ3) is 3.87. The van der Waals surface area contributed by atoms with Crippen LogP contribution in [0.5, 0.6) is 5.75 Å². The lowest BCUT2D eigenvalue weighted by Crippen LogP contribution is -2.16. The third-order valence-electron chi connectivity index (χ3n) is 4.69. The standard InChI is InChI=1S/C22H16FNO4S/c23-17-7-8-18-19(12-25)21(16-2-1-9-24-11-16)22(28-20(18)10-17)15-5-3-14(4-6-15)13-29(26)27/h1-12,19H,13H2,(H,26,27)/p-1. The Hall–Kier alpha value is -3.16. The maximum absolute atomic E-state index is 13.8. The van der Waals surface area contributed by atoms with Gasteiger partial charge in [-0.3, -0.25) is 9.19 Å². The van der Waals surface area contributed by atoms with Gasteiger partial charge < -0.3 is 14.1 Å². The number of pyridine rings is 1. The first kappa shape index (κ1) is 19.2. The van der Waals surface area contributed by atoms with E-state index in [1.54, 1.807) is 48.8 Å². The Morgan fingerprint density at radius 2 is 1.93 bits per heavy atom. The zero-order chi connectivity index (χ0) is 20.4.